The van der Waals surface area contributed by atoms with Crippen LogP contribution in [0.15, 0.2) is 46.9 Å². The molecule has 0 aromatic heterocycles. The van der Waals surface area contributed by atoms with Gasteiger partial charge in [-0.25, -0.2) is 0 Å². The topological polar surface area (TPSA) is 53.7 Å². The van der Waals surface area contributed by atoms with E-state index in [0.717, 1.165) is 10.2 Å². The zero-order valence-corrected chi connectivity index (χ0v) is 14.4. The Labute approximate surface area is 143 Å². The average Bonchev–Trinajstić information content (AvgIpc) is 2.52. The van der Waals surface area contributed by atoms with Crippen LogP contribution in [-0.4, -0.2) is 25.3 Å². The van der Waals surface area contributed by atoms with E-state index in [1.165, 1.54) is 0 Å². The highest BCUT2D eigenvalue weighted by molar-refractivity contribution is 9.10. The van der Waals surface area contributed by atoms with Gasteiger partial charge in [-0.15, -0.1) is 0 Å². The SMILES string of the molecule is COc1ccc(C(N)=S)c(OCCOc2ccc(Br)cc2)c1. The normalized spacial score (nSPS) is 10.1. The van der Waals surface area contributed by atoms with E-state index < -0.39 is 0 Å². The monoisotopic (exact) mass is 381 g/mol. The van der Waals surface area contributed by atoms with E-state index in [1.807, 2.05) is 24.3 Å². The Bertz CT molecular complexity index is 646. The molecule has 0 heterocycles. The number of methoxy groups -OCH3 is 1. The van der Waals surface area contributed by atoms with Gasteiger partial charge in [0.15, 0.2) is 0 Å². The molecule has 0 spiro atoms. The summed E-state index contributed by atoms with van der Waals surface area (Å²) in [5.41, 5.74) is 6.37. The minimum atomic E-state index is 0.284. The van der Waals surface area contributed by atoms with Crippen LogP contribution in [0, 0.1) is 0 Å². The maximum absolute atomic E-state index is 5.70. The molecule has 0 aliphatic heterocycles. The van der Waals surface area contributed by atoms with Crippen molar-refractivity contribution in [2.45, 2.75) is 0 Å². The van der Waals surface area contributed by atoms with Gasteiger partial charge in [0.2, 0.25) is 0 Å². The van der Waals surface area contributed by atoms with Gasteiger partial charge in [0.05, 0.1) is 12.7 Å². The number of rotatable bonds is 7. The predicted molar refractivity (Wildman–Crippen MR) is 94.0 cm³/mol. The van der Waals surface area contributed by atoms with Gasteiger partial charge in [-0.1, -0.05) is 28.1 Å². The molecule has 0 bridgehead atoms. The molecular formula is C16H16BrNO3S. The third kappa shape index (κ3) is 4.61. The molecular weight excluding hydrogens is 366 g/mol. The van der Waals surface area contributed by atoms with Crippen molar-refractivity contribution in [1.82, 2.24) is 0 Å². The fourth-order valence-corrected chi connectivity index (χ4v) is 2.23. The summed E-state index contributed by atoms with van der Waals surface area (Å²) in [5, 5.41) is 0. The van der Waals surface area contributed by atoms with Crippen molar-refractivity contribution in [3.8, 4) is 17.2 Å². The van der Waals surface area contributed by atoms with Crippen LogP contribution in [0.2, 0.25) is 0 Å². The third-order valence-corrected chi connectivity index (χ3v) is 3.63. The highest BCUT2D eigenvalue weighted by Crippen LogP contribution is 2.25. The number of hydrogen-bond acceptors (Lipinski definition) is 4. The summed E-state index contributed by atoms with van der Waals surface area (Å²) in [7, 11) is 1.59. The first kappa shape index (κ1) is 16.6. The second-order valence-corrected chi connectivity index (χ2v) is 5.73. The van der Waals surface area contributed by atoms with Crippen molar-refractivity contribution >= 4 is 33.1 Å². The lowest BCUT2D eigenvalue weighted by Crippen LogP contribution is -2.14. The Hall–Kier alpha value is -1.79. The van der Waals surface area contributed by atoms with Gasteiger partial charge in [-0.2, -0.15) is 0 Å². The number of halogens is 1. The van der Waals surface area contributed by atoms with Crippen LogP contribution in [0.25, 0.3) is 0 Å². The molecule has 0 amide bonds. The molecule has 2 N–H and O–H groups in total. The Morgan fingerprint density at radius 3 is 2.32 bits per heavy atom. The Morgan fingerprint density at radius 1 is 1.05 bits per heavy atom. The second kappa shape index (κ2) is 8.00. The lowest BCUT2D eigenvalue weighted by atomic mass is 10.2. The lowest BCUT2D eigenvalue weighted by molar-refractivity contribution is 0.216. The second-order valence-electron chi connectivity index (χ2n) is 4.38. The molecule has 6 heteroatoms. The maximum atomic E-state index is 5.70. The van der Waals surface area contributed by atoms with E-state index in [9.17, 15) is 0 Å². The van der Waals surface area contributed by atoms with Crippen LogP contribution in [-0.2, 0) is 0 Å². The summed E-state index contributed by atoms with van der Waals surface area (Å²) in [6.45, 7) is 0.786. The van der Waals surface area contributed by atoms with Crippen molar-refractivity contribution in [3.05, 3.63) is 52.5 Å². The van der Waals surface area contributed by atoms with E-state index in [0.29, 0.717) is 30.3 Å². The van der Waals surface area contributed by atoms with Gasteiger partial charge in [-0.3, -0.25) is 0 Å². The molecule has 0 aliphatic rings. The largest absolute Gasteiger partial charge is 0.497 e. The van der Waals surface area contributed by atoms with E-state index in [-0.39, 0.29) is 4.99 Å². The summed E-state index contributed by atoms with van der Waals surface area (Å²) < 4.78 is 17.5. The first-order chi connectivity index (χ1) is 10.6. The number of thiocarbonyl (C=S) groups is 1. The fraction of sp³-hybridized carbons (Fsp3) is 0.188. The van der Waals surface area contributed by atoms with Crippen LogP contribution in [0.4, 0.5) is 0 Å². The first-order valence-electron chi connectivity index (χ1n) is 6.59. The van der Waals surface area contributed by atoms with Gasteiger partial charge in [0.1, 0.15) is 35.5 Å². The number of benzene rings is 2. The highest BCUT2D eigenvalue weighted by Gasteiger charge is 2.08. The van der Waals surface area contributed by atoms with Gasteiger partial charge >= 0.3 is 0 Å². The minimum Gasteiger partial charge on any atom is -0.497 e. The highest BCUT2D eigenvalue weighted by atomic mass is 79.9. The molecule has 2 rings (SSSR count). The van der Waals surface area contributed by atoms with Crippen molar-refractivity contribution in [2.75, 3.05) is 20.3 Å². The molecule has 0 saturated heterocycles. The van der Waals surface area contributed by atoms with Crippen molar-refractivity contribution < 1.29 is 14.2 Å². The summed E-state index contributed by atoms with van der Waals surface area (Å²) in [5.74, 6) is 2.06. The number of nitrogens with two attached hydrogens (primary N) is 1. The third-order valence-electron chi connectivity index (χ3n) is 2.88. The minimum absolute atomic E-state index is 0.284. The molecule has 116 valence electrons. The first-order valence-corrected chi connectivity index (χ1v) is 7.79. The van der Waals surface area contributed by atoms with Gasteiger partial charge < -0.3 is 19.9 Å². The van der Waals surface area contributed by atoms with Gasteiger partial charge in [-0.05, 0) is 36.4 Å². The molecule has 0 atom stereocenters. The van der Waals surface area contributed by atoms with Crippen LogP contribution in [0.3, 0.4) is 0 Å². The average molecular weight is 382 g/mol. The van der Waals surface area contributed by atoms with E-state index in [1.54, 1.807) is 25.3 Å². The molecule has 2 aromatic carbocycles. The van der Waals surface area contributed by atoms with Gasteiger partial charge in [0, 0.05) is 10.5 Å². The van der Waals surface area contributed by atoms with Crippen molar-refractivity contribution in [2.24, 2.45) is 5.73 Å². The molecule has 0 radical (unpaired) electrons. The molecule has 0 fully saturated rings. The van der Waals surface area contributed by atoms with Crippen LogP contribution < -0.4 is 19.9 Å². The molecule has 0 aliphatic carbocycles. The zero-order chi connectivity index (χ0) is 15.9. The maximum Gasteiger partial charge on any atom is 0.133 e. The molecule has 2 aromatic rings. The molecule has 0 unspecified atom stereocenters. The standard InChI is InChI=1S/C16H16BrNO3S/c1-19-13-6-7-14(16(18)22)15(10-13)21-9-8-20-12-4-2-11(17)3-5-12/h2-7,10H,8-9H2,1H3,(H2,18,22). The quantitative estimate of drug-likeness (QED) is 0.586. The van der Waals surface area contributed by atoms with E-state index in [4.69, 9.17) is 32.2 Å². The smallest absolute Gasteiger partial charge is 0.133 e. The molecule has 22 heavy (non-hydrogen) atoms. The predicted octanol–water partition coefficient (Wildman–Crippen LogP) is 3.55. The number of hydrogen-bond donors (Lipinski definition) is 1. The Balaban J connectivity index is 1.93. The summed E-state index contributed by atoms with van der Waals surface area (Å²) in [6, 6.07) is 12.9. The van der Waals surface area contributed by atoms with E-state index >= 15 is 0 Å². The molecule has 0 saturated carbocycles. The van der Waals surface area contributed by atoms with Gasteiger partial charge in [0.25, 0.3) is 0 Å². The Morgan fingerprint density at radius 2 is 1.68 bits per heavy atom. The van der Waals surface area contributed by atoms with E-state index in [2.05, 4.69) is 15.9 Å². The lowest BCUT2D eigenvalue weighted by Gasteiger charge is -2.13. The summed E-state index contributed by atoms with van der Waals surface area (Å²) in [6.07, 6.45) is 0. The molecule has 4 nitrogen and oxygen atoms in total. The van der Waals surface area contributed by atoms with Crippen molar-refractivity contribution in [1.29, 1.82) is 0 Å². The number of ether oxygens (including phenoxy) is 3. The fourth-order valence-electron chi connectivity index (χ4n) is 1.79. The Kier molecular flexibility index (Phi) is 6.03. The summed E-state index contributed by atoms with van der Waals surface area (Å²) in [4.78, 5) is 0.284. The van der Waals surface area contributed by atoms with Crippen LogP contribution in [0.5, 0.6) is 17.2 Å². The van der Waals surface area contributed by atoms with Crippen LogP contribution in [0.1, 0.15) is 5.56 Å². The summed E-state index contributed by atoms with van der Waals surface area (Å²) >= 11 is 8.39. The zero-order valence-electron chi connectivity index (χ0n) is 12.0. The van der Waals surface area contributed by atoms with Crippen molar-refractivity contribution in [3.63, 3.8) is 0 Å². The van der Waals surface area contributed by atoms with Crippen LogP contribution >= 0.6 is 28.1 Å².